The molecule has 2 unspecified atom stereocenters. The monoisotopic (exact) mass is 494 g/mol. The topological polar surface area (TPSA) is 85.3 Å². The van der Waals surface area contributed by atoms with Gasteiger partial charge in [-0.2, -0.15) is 4.99 Å². The summed E-state index contributed by atoms with van der Waals surface area (Å²) in [7, 11) is -3.11. The second kappa shape index (κ2) is 7.03. The quantitative estimate of drug-likeness (QED) is 0.633. The maximum absolute atomic E-state index is 12.8. The molecule has 150 valence electrons. The molecule has 10 heteroatoms. The van der Waals surface area contributed by atoms with Crippen molar-refractivity contribution in [2.45, 2.75) is 11.3 Å². The van der Waals surface area contributed by atoms with Crippen LogP contribution in [0, 0.1) is 0 Å². The van der Waals surface area contributed by atoms with E-state index in [1.165, 1.54) is 11.8 Å². The molecular formula is C19H15BrN2O5S2. The van der Waals surface area contributed by atoms with Crippen LogP contribution < -0.4 is 14.4 Å². The maximum Gasteiger partial charge on any atom is 0.279 e. The van der Waals surface area contributed by atoms with Gasteiger partial charge in [0.25, 0.3) is 5.91 Å². The van der Waals surface area contributed by atoms with Crippen molar-refractivity contribution in [3.8, 4) is 11.5 Å². The summed E-state index contributed by atoms with van der Waals surface area (Å²) >= 11 is 4.80. The fourth-order valence-corrected chi connectivity index (χ4v) is 7.97. The van der Waals surface area contributed by atoms with Crippen molar-refractivity contribution in [2.24, 2.45) is 4.99 Å². The summed E-state index contributed by atoms with van der Waals surface area (Å²) < 4.78 is 35.8. The van der Waals surface area contributed by atoms with Gasteiger partial charge < -0.3 is 14.4 Å². The first-order valence-corrected chi connectivity index (χ1v) is 12.3. The number of ether oxygens (including phenoxy) is 2. The van der Waals surface area contributed by atoms with E-state index in [2.05, 4.69) is 20.9 Å². The van der Waals surface area contributed by atoms with E-state index >= 15 is 0 Å². The Morgan fingerprint density at radius 3 is 2.79 bits per heavy atom. The molecule has 2 aromatic carbocycles. The van der Waals surface area contributed by atoms with Gasteiger partial charge in [0.15, 0.2) is 26.5 Å². The fraction of sp³-hybridized carbons (Fsp3) is 0.263. The van der Waals surface area contributed by atoms with Crippen LogP contribution in [0.15, 0.2) is 51.9 Å². The van der Waals surface area contributed by atoms with Gasteiger partial charge in [0.05, 0.1) is 17.5 Å². The number of sulfone groups is 1. The minimum absolute atomic E-state index is 0.0500. The van der Waals surface area contributed by atoms with Crippen molar-refractivity contribution < 1.29 is 22.7 Å². The molecule has 2 aromatic rings. The molecule has 2 atom stereocenters. The van der Waals surface area contributed by atoms with Crippen LogP contribution >= 0.6 is 27.7 Å². The van der Waals surface area contributed by atoms with E-state index in [0.717, 1.165) is 10.2 Å². The van der Waals surface area contributed by atoms with Gasteiger partial charge in [-0.3, -0.25) is 4.79 Å². The number of carbonyl (C=O) groups excluding carboxylic acids is 1. The van der Waals surface area contributed by atoms with Gasteiger partial charge in [0.1, 0.15) is 0 Å². The second-order valence-corrected chi connectivity index (χ2v) is 11.2. The lowest BCUT2D eigenvalue weighted by molar-refractivity contribution is 0.100. The molecule has 0 saturated carbocycles. The minimum Gasteiger partial charge on any atom is -0.454 e. The van der Waals surface area contributed by atoms with E-state index < -0.39 is 15.7 Å². The second-order valence-electron chi connectivity index (χ2n) is 6.92. The molecule has 0 N–H and O–H groups in total. The van der Waals surface area contributed by atoms with Gasteiger partial charge in [-0.05, 0) is 36.4 Å². The van der Waals surface area contributed by atoms with Gasteiger partial charge in [-0.25, -0.2) is 8.42 Å². The summed E-state index contributed by atoms with van der Waals surface area (Å²) in [5.41, 5.74) is 1.19. The Morgan fingerprint density at radius 2 is 1.97 bits per heavy atom. The molecule has 1 amide bonds. The molecule has 0 bridgehead atoms. The summed E-state index contributed by atoms with van der Waals surface area (Å²) in [6.45, 7) is 0.131. The number of amides is 1. The number of rotatable bonds is 2. The molecule has 7 nitrogen and oxygen atoms in total. The molecule has 2 saturated heterocycles. The summed E-state index contributed by atoms with van der Waals surface area (Å²) in [5, 5.41) is 0.359. The number of aliphatic imine (C=N–C) groups is 1. The smallest absolute Gasteiger partial charge is 0.279 e. The van der Waals surface area contributed by atoms with Gasteiger partial charge in [-0.1, -0.05) is 33.8 Å². The third kappa shape index (κ3) is 3.53. The Morgan fingerprint density at radius 1 is 1.14 bits per heavy atom. The normalized spacial score (nSPS) is 25.4. The maximum atomic E-state index is 12.8. The van der Waals surface area contributed by atoms with Crippen molar-refractivity contribution in [1.29, 1.82) is 0 Å². The number of benzene rings is 2. The summed E-state index contributed by atoms with van der Waals surface area (Å²) in [6.07, 6.45) is 0. The zero-order valence-corrected chi connectivity index (χ0v) is 18.2. The number of halogens is 1. The number of amidine groups is 1. The van der Waals surface area contributed by atoms with Crippen molar-refractivity contribution in [1.82, 2.24) is 0 Å². The first-order valence-electron chi connectivity index (χ1n) is 8.84. The molecule has 3 aliphatic rings. The molecule has 2 fully saturated rings. The lowest BCUT2D eigenvalue weighted by atomic mass is 10.2. The first kappa shape index (κ1) is 19.0. The van der Waals surface area contributed by atoms with E-state index in [4.69, 9.17) is 9.47 Å². The van der Waals surface area contributed by atoms with E-state index in [1.807, 2.05) is 29.2 Å². The summed E-state index contributed by atoms with van der Waals surface area (Å²) in [5.74, 6) is 0.842. The molecule has 3 aliphatic heterocycles. The first-order chi connectivity index (χ1) is 13.9. The number of hydrogen-bond acceptors (Lipinski definition) is 6. The van der Waals surface area contributed by atoms with E-state index in [9.17, 15) is 13.2 Å². The number of carbonyl (C=O) groups is 1. The van der Waals surface area contributed by atoms with Crippen LogP contribution in [-0.2, 0) is 9.84 Å². The van der Waals surface area contributed by atoms with Gasteiger partial charge in [-0.15, -0.1) is 0 Å². The summed E-state index contributed by atoms with van der Waals surface area (Å²) in [6, 6.07) is 12.3. The van der Waals surface area contributed by atoms with E-state index in [0.29, 0.717) is 22.2 Å². The highest BCUT2D eigenvalue weighted by molar-refractivity contribution is 9.10. The standard InChI is InChI=1S/C19H15BrN2O5S2/c20-12-2-1-3-13(7-12)22-14-8-29(24,25)9-17(14)28-19(22)21-18(23)11-4-5-15-16(6-11)27-10-26-15/h1-7,14,17H,8-10H2. The number of hydrogen-bond donors (Lipinski definition) is 0. The number of thioether (sulfide) groups is 1. The Kier molecular flexibility index (Phi) is 4.60. The van der Waals surface area contributed by atoms with Crippen LogP contribution in [0.2, 0.25) is 0 Å². The average molecular weight is 495 g/mol. The van der Waals surface area contributed by atoms with Crippen molar-refractivity contribution in [3.05, 3.63) is 52.5 Å². The van der Waals surface area contributed by atoms with E-state index in [-0.39, 0.29) is 29.6 Å². The Hall–Kier alpha value is -2.04. The lowest BCUT2D eigenvalue weighted by Gasteiger charge is -2.24. The molecule has 0 radical (unpaired) electrons. The third-order valence-corrected chi connectivity index (χ3v) is 8.67. The number of nitrogens with zero attached hydrogens (tertiary/aromatic N) is 2. The summed E-state index contributed by atoms with van der Waals surface area (Å²) in [4.78, 5) is 19.1. The molecule has 5 rings (SSSR count). The highest BCUT2D eigenvalue weighted by Gasteiger charge is 2.49. The Balaban J connectivity index is 1.51. The van der Waals surface area contributed by atoms with Crippen LogP contribution in [-0.4, -0.2) is 49.1 Å². The average Bonchev–Trinajstić information content (AvgIpc) is 3.32. The predicted molar refractivity (Wildman–Crippen MR) is 115 cm³/mol. The van der Waals surface area contributed by atoms with E-state index in [1.54, 1.807) is 18.2 Å². The number of anilines is 1. The molecule has 0 spiro atoms. The van der Waals surface area contributed by atoms with Gasteiger partial charge in [0, 0.05) is 21.0 Å². The zero-order valence-electron chi connectivity index (χ0n) is 14.9. The Labute approximate surface area is 180 Å². The molecule has 29 heavy (non-hydrogen) atoms. The third-order valence-electron chi connectivity index (χ3n) is 4.97. The van der Waals surface area contributed by atoms with Crippen molar-refractivity contribution >= 4 is 54.3 Å². The SMILES string of the molecule is O=C(N=C1SC2CS(=O)(=O)CC2N1c1cccc(Br)c1)c1ccc2c(c1)OCO2. The van der Waals surface area contributed by atoms with Crippen molar-refractivity contribution in [3.63, 3.8) is 0 Å². The number of fused-ring (bicyclic) bond motifs is 2. The molecule has 0 aromatic heterocycles. The highest BCUT2D eigenvalue weighted by atomic mass is 79.9. The largest absolute Gasteiger partial charge is 0.454 e. The van der Waals surface area contributed by atoms with Crippen LogP contribution in [0.1, 0.15) is 10.4 Å². The predicted octanol–water partition coefficient (Wildman–Crippen LogP) is 3.09. The van der Waals surface area contributed by atoms with Gasteiger partial charge in [0.2, 0.25) is 6.79 Å². The van der Waals surface area contributed by atoms with Crippen LogP contribution in [0.3, 0.4) is 0 Å². The van der Waals surface area contributed by atoms with Crippen LogP contribution in [0.25, 0.3) is 0 Å². The molecule has 3 heterocycles. The zero-order chi connectivity index (χ0) is 20.2. The lowest BCUT2D eigenvalue weighted by Crippen LogP contribution is -2.37. The highest BCUT2D eigenvalue weighted by Crippen LogP contribution is 2.41. The van der Waals surface area contributed by atoms with Gasteiger partial charge >= 0.3 is 0 Å². The molecule has 0 aliphatic carbocycles. The van der Waals surface area contributed by atoms with Crippen LogP contribution in [0.5, 0.6) is 11.5 Å². The van der Waals surface area contributed by atoms with Crippen LogP contribution in [0.4, 0.5) is 5.69 Å². The fourth-order valence-electron chi connectivity index (χ4n) is 3.67. The Bertz CT molecular complexity index is 1150. The van der Waals surface area contributed by atoms with Crippen molar-refractivity contribution in [2.75, 3.05) is 23.2 Å². The molecular weight excluding hydrogens is 480 g/mol. The minimum atomic E-state index is -3.11.